The average molecular weight is 300 g/mol. The predicted molar refractivity (Wildman–Crippen MR) is 97.9 cm³/mol. The molecular weight excluding hydrogens is 280 g/mol. The van der Waals surface area contributed by atoms with E-state index < -0.39 is 0 Å². The summed E-state index contributed by atoms with van der Waals surface area (Å²) in [6, 6.07) is 28.9. The van der Waals surface area contributed by atoms with Crippen molar-refractivity contribution in [2.75, 3.05) is 5.32 Å². The minimum Gasteiger partial charge on any atom is -0.340 e. The van der Waals surface area contributed by atoms with E-state index in [1.165, 1.54) is 11.1 Å². The van der Waals surface area contributed by atoms with Crippen LogP contribution in [0.15, 0.2) is 89.9 Å². The SMILES string of the molecule is Cc1ccc(NC(=NCc2ccccc2)c2ccccc2)cc1. The first-order valence-electron chi connectivity index (χ1n) is 7.79. The fourth-order valence-electron chi connectivity index (χ4n) is 2.33. The van der Waals surface area contributed by atoms with E-state index in [9.17, 15) is 0 Å². The van der Waals surface area contributed by atoms with Gasteiger partial charge in [0.2, 0.25) is 0 Å². The Balaban J connectivity index is 1.86. The van der Waals surface area contributed by atoms with Gasteiger partial charge >= 0.3 is 0 Å². The molecule has 0 unspecified atom stereocenters. The molecule has 0 fully saturated rings. The quantitative estimate of drug-likeness (QED) is 0.529. The Labute approximate surface area is 137 Å². The molecule has 3 rings (SSSR count). The third-order valence-corrected chi connectivity index (χ3v) is 3.62. The molecule has 0 atom stereocenters. The second kappa shape index (κ2) is 7.41. The molecule has 23 heavy (non-hydrogen) atoms. The Morgan fingerprint density at radius 3 is 2.04 bits per heavy atom. The molecule has 0 saturated carbocycles. The van der Waals surface area contributed by atoms with Gasteiger partial charge in [-0.2, -0.15) is 0 Å². The van der Waals surface area contributed by atoms with Gasteiger partial charge in [0, 0.05) is 11.3 Å². The molecule has 0 aliphatic rings. The van der Waals surface area contributed by atoms with E-state index in [1.54, 1.807) is 0 Å². The van der Waals surface area contributed by atoms with E-state index in [0.717, 1.165) is 17.1 Å². The Morgan fingerprint density at radius 2 is 1.39 bits per heavy atom. The smallest absolute Gasteiger partial charge is 0.133 e. The summed E-state index contributed by atoms with van der Waals surface area (Å²) in [5, 5.41) is 3.44. The van der Waals surface area contributed by atoms with Crippen LogP contribution >= 0.6 is 0 Å². The number of rotatable bonds is 4. The van der Waals surface area contributed by atoms with E-state index in [0.29, 0.717) is 6.54 Å². The second-order valence-corrected chi connectivity index (χ2v) is 5.51. The summed E-state index contributed by atoms with van der Waals surface area (Å²) < 4.78 is 0. The Morgan fingerprint density at radius 1 is 0.783 bits per heavy atom. The van der Waals surface area contributed by atoms with Crippen molar-refractivity contribution in [1.82, 2.24) is 0 Å². The molecule has 0 aliphatic carbocycles. The van der Waals surface area contributed by atoms with Crippen LogP contribution in [0.25, 0.3) is 0 Å². The van der Waals surface area contributed by atoms with Crippen molar-refractivity contribution < 1.29 is 0 Å². The largest absolute Gasteiger partial charge is 0.340 e. The number of amidine groups is 1. The zero-order valence-electron chi connectivity index (χ0n) is 13.2. The molecule has 0 heterocycles. The molecule has 0 aliphatic heterocycles. The summed E-state index contributed by atoms with van der Waals surface area (Å²) in [7, 11) is 0. The van der Waals surface area contributed by atoms with Crippen molar-refractivity contribution in [3.8, 4) is 0 Å². The van der Waals surface area contributed by atoms with Gasteiger partial charge in [-0.05, 0) is 24.6 Å². The molecule has 1 N–H and O–H groups in total. The van der Waals surface area contributed by atoms with Crippen molar-refractivity contribution >= 4 is 11.5 Å². The highest BCUT2D eigenvalue weighted by Crippen LogP contribution is 2.12. The number of nitrogens with zero attached hydrogens (tertiary/aromatic N) is 1. The molecule has 0 saturated heterocycles. The fourth-order valence-corrected chi connectivity index (χ4v) is 2.33. The summed E-state index contributed by atoms with van der Waals surface area (Å²) in [5.74, 6) is 0.887. The number of anilines is 1. The Hall–Kier alpha value is -2.87. The number of aliphatic imine (C=N–C) groups is 1. The molecule has 2 nitrogen and oxygen atoms in total. The topological polar surface area (TPSA) is 24.4 Å². The number of hydrogen-bond donors (Lipinski definition) is 1. The van der Waals surface area contributed by atoms with Crippen molar-refractivity contribution in [3.05, 3.63) is 102 Å². The highest BCUT2D eigenvalue weighted by Gasteiger charge is 2.03. The normalized spacial score (nSPS) is 11.3. The molecule has 0 spiro atoms. The summed E-state index contributed by atoms with van der Waals surface area (Å²) >= 11 is 0. The molecule has 3 aromatic rings. The Bertz CT molecular complexity index is 760. The minimum absolute atomic E-state index is 0.657. The lowest BCUT2D eigenvalue weighted by Crippen LogP contribution is -2.14. The molecule has 0 bridgehead atoms. The number of hydrogen-bond acceptors (Lipinski definition) is 1. The fraction of sp³-hybridized carbons (Fsp3) is 0.0952. The van der Waals surface area contributed by atoms with Crippen LogP contribution in [0.5, 0.6) is 0 Å². The van der Waals surface area contributed by atoms with E-state index in [-0.39, 0.29) is 0 Å². The lowest BCUT2D eigenvalue weighted by atomic mass is 10.1. The first-order valence-corrected chi connectivity index (χ1v) is 7.79. The van der Waals surface area contributed by atoms with Gasteiger partial charge in [0.1, 0.15) is 5.84 Å². The number of benzene rings is 3. The minimum atomic E-state index is 0.657. The van der Waals surface area contributed by atoms with Gasteiger partial charge < -0.3 is 5.32 Å². The van der Waals surface area contributed by atoms with Gasteiger partial charge in [0.15, 0.2) is 0 Å². The maximum absolute atomic E-state index is 4.79. The van der Waals surface area contributed by atoms with Crippen LogP contribution in [0, 0.1) is 6.92 Å². The summed E-state index contributed by atoms with van der Waals surface area (Å²) in [5.41, 5.74) is 4.58. The van der Waals surface area contributed by atoms with Crippen molar-refractivity contribution in [2.45, 2.75) is 13.5 Å². The van der Waals surface area contributed by atoms with Crippen molar-refractivity contribution in [2.24, 2.45) is 4.99 Å². The van der Waals surface area contributed by atoms with Crippen LogP contribution in [0.4, 0.5) is 5.69 Å². The lowest BCUT2D eigenvalue weighted by Gasteiger charge is -2.11. The summed E-state index contributed by atoms with van der Waals surface area (Å²) in [6.45, 7) is 2.75. The Kier molecular flexibility index (Phi) is 4.85. The van der Waals surface area contributed by atoms with Gasteiger partial charge in [-0.1, -0.05) is 78.4 Å². The predicted octanol–water partition coefficient (Wildman–Crippen LogP) is 5.05. The van der Waals surface area contributed by atoms with Crippen molar-refractivity contribution in [1.29, 1.82) is 0 Å². The summed E-state index contributed by atoms with van der Waals surface area (Å²) in [6.07, 6.45) is 0. The van der Waals surface area contributed by atoms with Crippen LogP contribution < -0.4 is 5.32 Å². The zero-order valence-corrected chi connectivity index (χ0v) is 13.2. The van der Waals surface area contributed by atoms with Crippen LogP contribution in [0.3, 0.4) is 0 Å². The second-order valence-electron chi connectivity index (χ2n) is 5.51. The zero-order chi connectivity index (χ0) is 15.9. The maximum atomic E-state index is 4.79. The van der Waals surface area contributed by atoms with Gasteiger partial charge in [-0.3, -0.25) is 4.99 Å². The summed E-state index contributed by atoms with van der Waals surface area (Å²) in [4.78, 5) is 4.79. The number of aryl methyl sites for hydroxylation is 1. The first-order chi connectivity index (χ1) is 11.3. The molecule has 0 aromatic heterocycles. The van der Waals surface area contributed by atoms with Gasteiger partial charge in [-0.25, -0.2) is 0 Å². The van der Waals surface area contributed by atoms with Crippen molar-refractivity contribution in [3.63, 3.8) is 0 Å². The van der Waals surface area contributed by atoms with Crippen LogP contribution in [0.2, 0.25) is 0 Å². The van der Waals surface area contributed by atoms with Gasteiger partial charge in [0.25, 0.3) is 0 Å². The molecule has 3 aromatic carbocycles. The van der Waals surface area contributed by atoms with E-state index in [2.05, 4.69) is 60.8 Å². The average Bonchev–Trinajstić information content (AvgIpc) is 2.62. The molecule has 2 heteroatoms. The lowest BCUT2D eigenvalue weighted by molar-refractivity contribution is 1.07. The van der Waals surface area contributed by atoms with Crippen LogP contribution in [-0.4, -0.2) is 5.84 Å². The van der Waals surface area contributed by atoms with E-state index in [1.807, 2.05) is 36.4 Å². The highest BCUT2D eigenvalue weighted by atomic mass is 15.0. The molecule has 114 valence electrons. The molecule has 0 amide bonds. The van der Waals surface area contributed by atoms with Crippen LogP contribution in [0.1, 0.15) is 16.7 Å². The van der Waals surface area contributed by atoms with E-state index >= 15 is 0 Å². The third-order valence-electron chi connectivity index (χ3n) is 3.62. The standard InChI is InChI=1S/C21H20N2/c1-17-12-14-20(15-13-17)23-21(19-10-6-3-7-11-19)22-16-18-8-4-2-5-9-18/h2-15H,16H2,1H3,(H,22,23). The maximum Gasteiger partial charge on any atom is 0.133 e. The first kappa shape index (κ1) is 15.0. The highest BCUT2D eigenvalue weighted by molar-refractivity contribution is 6.08. The third kappa shape index (κ3) is 4.30. The van der Waals surface area contributed by atoms with Crippen LogP contribution in [-0.2, 0) is 6.54 Å². The van der Waals surface area contributed by atoms with Gasteiger partial charge in [-0.15, -0.1) is 0 Å². The number of nitrogens with one attached hydrogen (secondary N) is 1. The van der Waals surface area contributed by atoms with E-state index in [4.69, 9.17) is 4.99 Å². The molecule has 0 radical (unpaired) electrons. The monoisotopic (exact) mass is 300 g/mol. The molecular formula is C21H20N2. The van der Waals surface area contributed by atoms with Gasteiger partial charge in [0.05, 0.1) is 6.54 Å².